The van der Waals surface area contributed by atoms with Gasteiger partial charge in [0.15, 0.2) is 0 Å². The van der Waals surface area contributed by atoms with E-state index in [4.69, 9.17) is 0 Å². The van der Waals surface area contributed by atoms with Crippen LogP contribution in [-0.4, -0.2) is 11.8 Å². The van der Waals surface area contributed by atoms with Crippen molar-refractivity contribution in [3.8, 4) is 0 Å². The van der Waals surface area contributed by atoms with Crippen molar-refractivity contribution in [2.75, 3.05) is 4.90 Å². The summed E-state index contributed by atoms with van der Waals surface area (Å²) in [6.07, 6.45) is 0. The summed E-state index contributed by atoms with van der Waals surface area (Å²) in [5, 5.41) is 2.74. The first kappa shape index (κ1) is 14.8. The lowest BCUT2D eigenvalue weighted by molar-refractivity contribution is -0.126. The fraction of sp³-hybridized carbons (Fsp3) is 0.176. The first-order valence-electron chi connectivity index (χ1n) is 6.98. The molecule has 0 saturated heterocycles. The molecule has 0 spiro atoms. The first-order valence-corrected chi connectivity index (χ1v) is 7.77. The molecule has 1 N–H and O–H groups in total. The van der Waals surface area contributed by atoms with E-state index in [-0.39, 0.29) is 11.8 Å². The summed E-state index contributed by atoms with van der Waals surface area (Å²) in [6.45, 7) is 1.91. The molecule has 1 aliphatic rings. The van der Waals surface area contributed by atoms with Crippen LogP contribution in [0.1, 0.15) is 24.1 Å². The molecule has 2 aromatic carbocycles. The zero-order valence-corrected chi connectivity index (χ0v) is 13.6. The maximum Gasteiger partial charge on any atom is 0.254 e. The predicted molar refractivity (Wildman–Crippen MR) is 88.3 cm³/mol. The number of amides is 2. The van der Waals surface area contributed by atoms with Gasteiger partial charge in [0.25, 0.3) is 5.91 Å². The molecule has 5 heteroatoms. The number of benzene rings is 2. The van der Waals surface area contributed by atoms with E-state index in [0.717, 1.165) is 21.3 Å². The van der Waals surface area contributed by atoms with Gasteiger partial charge in [-0.3, -0.25) is 9.59 Å². The van der Waals surface area contributed by atoms with Gasteiger partial charge in [0.1, 0.15) is 6.04 Å². The molecule has 22 heavy (non-hydrogen) atoms. The summed E-state index contributed by atoms with van der Waals surface area (Å²) in [7, 11) is 0. The normalized spacial score (nSPS) is 16.5. The number of nitrogens with zero attached hydrogens (tertiary/aromatic N) is 1. The van der Waals surface area contributed by atoms with Crippen molar-refractivity contribution in [1.29, 1.82) is 0 Å². The second-order valence-corrected chi connectivity index (χ2v) is 6.16. The number of hydrogen-bond acceptors (Lipinski definition) is 2. The molecular weight excluding hydrogens is 344 g/mol. The van der Waals surface area contributed by atoms with E-state index in [0.29, 0.717) is 6.54 Å². The molecule has 0 radical (unpaired) electrons. The SMILES string of the molecule is CC(=O)N[C@@H]1C(=O)N(Cc2ccccc2)c2ccc(Br)cc21. The Morgan fingerprint density at radius 3 is 2.64 bits per heavy atom. The summed E-state index contributed by atoms with van der Waals surface area (Å²) in [6, 6.07) is 14.9. The number of rotatable bonds is 3. The average Bonchev–Trinajstić information content (AvgIpc) is 2.73. The molecule has 4 nitrogen and oxygen atoms in total. The van der Waals surface area contributed by atoms with Crippen molar-refractivity contribution >= 4 is 33.4 Å². The highest BCUT2D eigenvalue weighted by Gasteiger charge is 2.37. The molecule has 0 fully saturated rings. The third-order valence-corrected chi connectivity index (χ3v) is 4.13. The van der Waals surface area contributed by atoms with Gasteiger partial charge in [0, 0.05) is 22.6 Å². The van der Waals surface area contributed by atoms with Crippen LogP contribution < -0.4 is 10.2 Å². The Balaban J connectivity index is 1.98. The molecular formula is C17H15BrN2O2. The number of carbonyl (C=O) groups is 2. The fourth-order valence-electron chi connectivity index (χ4n) is 2.68. The lowest BCUT2D eigenvalue weighted by atomic mass is 10.1. The molecule has 1 aliphatic heterocycles. The summed E-state index contributed by atoms with van der Waals surface area (Å²) in [4.78, 5) is 25.8. The Hall–Kier alpha value is -2.14. The molecule has 0 aliphatic carbocycles. The third-order valence-electron chi connectivity index (χ3n) is 3.64. The highest BCUT2D eigenvalue weighted by Crippen LogP contribution is 2.38. The summed E-state index contributed by atoms with van der Waals surface area (Å²) in [5.74, 6) is -0.321. The Bertz CT molecular complexity index is 731. The number of anilines is 1. The van der Waals surface area contributed by atoms with Gasteiger partial charge in [0.2, 0.25) is 5.91 Å². The molecule has 2 amide bonds. The van der Waals surface area contributed by atoms with E-state index in [2.05, 4.69) is 21.2 Å². The van der Waals surface area contributed by atoms with E-state index >= 15 is 0 Å². The van der Waals surface area contributed by atoms with Gasteiger partial charge in [-0.25, -0.2) is 0 Å². The van der Waals surface area contributed by atoms with Crippen LogP contribution in [0.3, 0.4) is 0 Å². The van der Waals surface area contributed by atoms with Gasteiger partial charge in [-0.1, -0.05) is 46.3 Å². The second-order valence-electron chi connectivity index (χ2n) is 5.25. The minimum atomic E-state index is -0.617. The van der Waals surface area contributed by atoms with Crippen LogP contribution in [0.15, 0.2) is 53.0 Å². The quantitative estimate of drug-likeness (QED) is 0.915. The van der Waals surface area contributed by atoms with Gasteiger partial charge in [0.05, 0.1) is 6.54 Å². The number of hydrogen-bond donors (Lipinski definition) is 1. The van der Waals surface area contributed by atoms with Crippen molar-refractivity contribution in [2.45, 2.75) is 19.5 Å². The molecule has 3 rings (SSSR count). The van der Waals surface area contributed by atoms with Gasteiger partial charge >= 0.3 is 0 Å². The Labute approximate surface area is 137 Å². The lowest BCUT2D eigenvalue weighted by Gasteiger charge is -2.18. The topological polar surface area (TPSA) is 49.4 Å². The molecule has 0 aromatic heterocycles. The van der Waals surface area contributed by atoms with Gasteiger partial charge in [-0.15, -0.1) is 0 Å². The Morgan fingerprint density at radius 2 is 1.95 bits per heavy atom. The molecule has 1 heterocycles. The standard InChI is InChI=1S/C17H15BrN2O2/c1-11(21)19-16-14-9-13(18)7-8-15(14)20(17(16)22)10-12-5-3-2-4-6-12/h2-9,16H,10H2,1H3,(H,19,21)/t16-/m0/s1. The molecule has 2 aromatic rings. The summed E-state index contributed by atoms with van der Waals surface area (Å²) >= 11 is 3.42. The predicted octanol–water partition coefficient (Wildman–Crippen LogP) is 3.17. The number of nitrogens with one attached hydrogen (secondary N) is 1. The van der Waals surface area contributed by atoms with Gasteiger partial charge in [-0.2, -0.15) is 0 Å². The van der Waals surface area contributed by atoms with Gasteiger partial charge < -0.3 is 10.2 Å². The zero-order valence-electron chi connectivity index (χ0n) is 12.0. The molecule has 112 valence electrons. The van der Waals surface area contributed by atoms with Gasteiger partial charge in [-0.05, 0) is 23.8 Å². The minimum Gasteiger partial charge on any atom is -0.341 e. The molecule has 0 unspecified atom stereocenters. The van der Waals surface area contributed by atoms with Crippen LogP contribution in [0, 0.1) is 0 Å². The van der Waals surface area contributed by atoms with E-state index in [1.54, 1.807) is 4.90 Å². The smallest absolute Gasteiger partial charge is 0.254 e. The first-order chi connectivity index (χ1) is 10.6. The van der Waals surface area contributed by atoms with Crippen molar-refractivity contribution in [3.05, 3.63) is 64.1 Å². The van der Waals surface area contributed by atoms with Crippen molar-refractivity contribution < 1.29 is 9.59 Å². The van der Waals surface area contributed by atoms with E-state index in [9.17, 15) is 9.59 Å². The average molecular weight is 359 g/mol. The second kappa shape index (κ2) is 5.93. The lowest BCUT2D eigenvalue weighted by Crippen LogP contribution is -2.36. The van der Waals surface area contributed by atoms with Crippen molar-refractivity contribution in [1.82, 2.24) is 5.32 Å². The third kappa shape index (κ3) is 2.76. The maximum atomic E-state index is 12.7. The van der Waals surface area contributed by atoms with E-state index < -0.39 is 6.04 Å². The van der Waals surface area contributed by atoms with Crippen LogP contribution in [0.25, 0.3) is 0 Å². The van der Waals surface area contributed by atoms with Crippen LogP contribution in [0.2, 0.25) is 0 Å². The van der Waals surface area contributed by atoms with Crippen molar-refractivity contribution in [2.24, 2.45) is 0 Å². The maximum absolute atomic E-state index is 12.7. The van der Waals surface area contributed by atoms with Crippen LogP contribution in [-0.2, 0) is 16.1 Å². The van der Waals surface area contributed by atoms with Crippen LogP contribution >= 0.6 is 15.9 Å². The fourth-order valence-corrected chi connectivity index (χ4v) is 3.06. The Morgan fingerprint density at radius 1 is 1.23 bits per heavy atom. The highest BCUT2D eigenvalue weighted by molar-refractivity contribution is 9.10. The molecule has 0 saturated carbocycles. The number of halogens is 1. The largest absolute Gasteiger partial charge is 0.341 e. The van der Waals surface area contributed by atoms with Crippen molar-refractivity contribution in [3.63, 3.8) is 0 Å². The highest BCUT2D eigenvalue weighted by atomic mass is 79.9. The Kier molecular flexibility index (Phi) is 3.98. The minimum absolute atomic E-state index is 0.104. The zero-order chi connectivity index (χ0) is 15.7. The molecule has 0 bridgehead atoms. The molecule has 1 atom stereocenters. The number of carbonyl (C=O) groups excluding carboxylic acids is 2. The monoisotopic (exact) mass is 358 g/mol. The van der Waals surface area contributed by atoms with Crippen LogP contribution in [0.4, 0.5) is 5.69 Å². The van der Waals surface area contributed by atoms with E-state index in [1.807, 2.05) is 48.5 Å². The summed E-state index contributed by atoms with van der Waals surface area (Å²) in [5.41, 5.74) is 2.72. The van der Waals surface area contributed by atoms with Crippen LogP contribution in [0.5, 0.6) is 0 Å². The van der Waals surface area contributed by atoms with E-state index in [1.165, 1.54) is 6.92 Å². The number of fused-ring (bicyclic) bond motifs is 1. The summed E-state index contributed by atoms with van der Waals surface area (Å²) < 4.78 is 0.885.